The van der Waals surface area contributed by atoms with Crippen molar-refractivity contribution in [1.82, 2.24) is 0 Å². The van der Waals surface area contributed by atoms with E-state index in [1.165, 1.54) is 141 Å². The van der Waals surface area contributed by atoms with Gasteiger partial charge in [-0.1, -0.05) is 255 Å². The van der Waals surface area contributed by atoms with Crippen LogP contribution in [0.3, 0.4) is 0 Å². The molecule has 4 unspecified atom stereocenters. The van der Waals surface area contributed by atoms with Gasteiger partial charge in [-0.3, -0.25) is 9.59 Å². The van der Waals surface area contributed by atoms with Crippen molar-refractivity contribution in [2.24, 2.45) is 69.8 Å². The lowest BCUT2D eigenvalue weighted by molar-refractivity contribution is -0.308. The predicted octanol–water partition coefficient (Wildman–Crippen LogP) is 14.7. The number of carbonyl (C=O) groups excluding carboxylic acids is 2. The van der Waals surface area contributed by atoms with Crippen LogP contribution in [-0.4, -0.2) is 184 Å². The lowest BCUT2D eigenvalue weighted by Crippen LogP contribution is -2.61. The number of aliphatic hydroxyl groups is 10. The Morgan fingerprint density at radius 3 is 1.80 bits per heavy atom. The molecule has 0 aromatic carbocycles. The summed E-state index contributed by atoms with van der Waals surface area (Å²) in [5.74, 6) is -1.66. The summed E-state index contributed by atoms with van der Waals surface area (Å²) in [4.78, 5) is 37.7. The molecular formula is C91H151NO20. The van der Waals surface area contributed by atoms with Crippen molar-refractivity contribution in [3.05, 3.63) is 96.7 Å². The van der Waals surface area contributed by atoms with Gasteiger partial charge in [0.15, 0.2) is 12.1 Å². The monoisotopic (exact) mass is 1580 g/mol. The second kappa shape index (κ2) is 49.1. The molecule has 0 aromatic rings. The van der Waals surface area contributed by atoms with Gasteiger partial charge >= 0.3 is 18.1 Å². The quantitative estimate of drug-likeness (QED) is 0.0243. The Morgan fingerprint density at radius 2 is 1.20 bits per heavy atom. The van der Waals surface area contributed by atoms with Crippen LogP contribution in [0.15, 0.2) is 96.7 Å². The van der Waals surface area contributed by atoms with E-state index in [4.69, 9.17) is 34.2 Å². The number of esters is 1. The number of hydrogen-bond acceptors (Lipinski definition) is 20. The minimum atomic E-state index is -2.33. The number of aliphatic hydroxyl groups excluding tert-OH is 9. The maximum atomic E-state index is 12.6. The smallest absolute Gasteiger partial charge is 0.481 e. The molecule has 3 saturated carbocycles. The van der Waals surface area contributed by atoms with Gasteiger partial charge in [-0.2, -0.15) is 0 Å². The van der Waals surface area contributed by atoms with Gasteiger partial charge in [0, 0.05) is 43.9 Å². The fraction of sp³-hybridized carbons (Fsp3) is 0.791. The van der Waals surface area contributed by atoms with Gasteiger partial charge in [-0.25, -0.2) is 4.79 Å². The molecule has 112 heavy (non-hydrogen) atoms. The van der Waals surface area contributed by atoms with Gasteiger partial charge in [-0.05, 0) is 131 Å². The molecule has 0 spiro atoms. The van der Waals surface area contributed by atoms with Crippen molar-refractivity contribution in [1.29, 1.82) is 0 Å². The predicted molar refractivity (Wildman–Crippen MR) is 437 cm³/mol. The highest BCUT2D eigenvalue weighted by Gasteiger charge is 2.60. The minimum absolute atomic E-state index is 0.00822. The average molecular weight is 1580 g/mol. The topological polar surface area (TPSA) is 355 Å². The minimum Gasteiger partial charge on any atom is -0.481 e. The standard InChI is InChI=1S/C47H73NO17.C44H78O3/c1-27-17-15-13-11-9-7-5-6-8-10-12-14-16-18-34(64-46-44(58)41(48)43(57)30(4)63-46)24-38-40(45(59)60)37(54)26-47(61,65-38)25-33(51)22-36(53)35(52)20-19-31(49)21-32(50)23-39(55)62-29(3)28(2)42(27)56;1-7-8-9-10-11-12-13-14-15-16-17-18-19-20-32-46-42(45)47-37-28-30-43(5)36(33-37)24-25-38-40-27-26-39(35(4)23-21-22-34(2)3)44(40,6)31-29-41(38)43/h5-18,27-38,40-44,46,49-54,56-58,61H,19-26,48H2,1-4H3,(H,59,60);24,34-35,37-41H,7-23,25-33H2,1-6H3/b6-5+,9-7+,10-8+,13-11+,14-12+,17-15+,18-16+;/t27-,28-,29-,30+,31+,32+,33-,34-,35+,36+,37-,38-,40+,41-,42+,43+,44-,46-,47+;35-,37?,38?,39+,40?,41?,43-,44+/m00/s1. The molecule has 21 heteroatoms. The van der Waals surface area contributed by atoms with E-state index in [-0.39, 0.29) is 37.7 Å². The Bertz CT molecular complexity index is 2980. The molecule has 5 fully saturated rings. The van der Waals surface area contributed by atoms with Crippen LogP contribution in [0.2, 0.25) is 0 Å². The molecule has 3 heterocycles. The second-order valence-corrected chi connectivity index (χ2v) is 35.5. The highest BCUT2D eigenvalue weighted by atomic mass is 16.7. The van der Waals surface area contributed by atoms with Crippen LogP contribution < -0.4 is 5.73 Å². The van der Waals surface area contributed by atoms with Crippen molar-refractivity contribution in [2.75, 3.05) is 6.61 Å². The first-order valence-corrected chi connectivity index (χ1v) is 43.5. The molecule has 7 aliphatic rings. The van der Waals surface area contributed by atoms with E-state index in [9.17, 15) is 70.6 Å². The van der Waals surface area contributed by atoms with E-state index >= 15 is 0 Å². The Balaban J connectivity index is 0.000000367. The SMILES string of the molecule is CCCCCCCCCCCCCCCCOC(=O)OC1CC[C@@]2(C)C(=CCC3C2CC[C@@]2(C)C3CC[C@@H]2[C@@H](C)CCCC(C)C)C1.C[C@@H]1[C@H](O)[C@@H](C)/C=C/C=C/C=C/C=C/C=C/C=C/C=C/[C@H](O[C@@H]2O[C@H](C)[C@@H](O)[C@H](N)[C@@H]2O)C[C@@H]2O[C@](O)(C[C@@H](O)C[C@@H](O)[C@H](O)CC[C@@H](O)C[C@@H](O)CC(=O)O[C@H]1C)C[C@H](O)[C@H]2C(=O)O. The third-order valence-electron chi connectivity index (χ3n) is 26.3. The summed E-state index contributed by atoms with van der Waals surface area (Å²) in [5, 5.41) is 118. The first-order valence-electron chi connectivity index (χ1n) is 43.5. The summed E-state index contributed by atoms with van der Waals surface area (Å²) in [6, 6.07) is -1.15. The highest BCUT2D eigenvalue weighted by molar-refractivity contribution is 5.72. The number of fused-ring (bicyclic) bond motifs is 7. The number of nitrogens with two attached hydrogens (primary N) is 1. The molecule has 7 rings (SSSR count). The van der Waals surface area contributed by atoms with E-state index in [0.29, 0.717) is 17.4 Å². The third kappa shape index (κ3) is 30.8. The maximum Gasteiger partial charge on any atom is 0.508 e. The number of cyclic esters (lactones) is 1. The van der Waals surface area contributed by atoms with Crippen LogP contribution in [0.1, 0.15) is 281 Å². The van der Waals surface area contributed by atoms with Crippen molar-refractivity contribution in [3.63, 3.8) is 0 Å². The van der Waals surface area contributed by atoms with Crippen LogP contribution in [0.5, 0.6) is 0 Å². The summed E-state index contributed by atoms with van der Waals surface area (Å²) in [6.07, 6.45) is 38.6. The average Bonchev–Trinajstić information content (AvgIpc) is 1.43. The lowest BCUT2D eigenvalue weighted by atomic mass is 9.47. The van der Waals surface area contributed by atoms with Gasteiger partial charge in [0.1, 0.15) is 24.2 Å². The van der Waals surface area contributed by atoms with Gasteiger partial charge in [-0.15, -0.1) is 0 Å². The first-order chi connectivity index (χ1) is 53.3. The molecular weight excluding hydrogens is 1430 g/mol. The van der Waals surface area contributed by atoms with E-state index in [0.717, 1.165) is 67.6 Å². The molecule has 27 atom stereocenters. The molecule has 2 saturated heterocycles. The van der Waals surface area contributed by atoms with Crippen LogP contribution in [-0.2, 0) is 38.0 Å². The number of carbonyl (C=O) groups is 3. The molecule has 640 valence electrons. The summed E-state index contributed by atoms with van der Waals surface area (Å²) < 4.78 is 34.6. The number of ether oxygens (including phenoxy) is 6. The molecule has 21 nitrogen and oxygen atoms in total. The Morgan fingerprint density at radius 1 is 0.598 bits per heavy atom. The fourth-order valence-electron chi connectivity index (χ4n) is 19.3. The van der Waals surface area contributed by atoms with Crippen LogP contribution in [0.25, 0.3) is 0 Å². The molecule has 0 radical (unpaired) electrons. The lowest BCUT2D eigenvalue weighted by Gasteiger charge is -2.58. The maximum absolute atomic E-state index is 12.6. The molecule has 0 aromatic heterocycles. The molecule has 0 amide bonds. The van der Waals surface area contributed by atoms with Gasteiger partial charge < -0.3 is 90.3 Å². The summed E-state index contributed by atoms with van der Waals surface area (Å²) in [6.45, 7) is 22.1. The fourth-order valence-corrected chi connectivity index (χ4v) is 19.3. The van der Waals surface area contributed by atoms with Crippen molar-refractivity contribution in [2.45, 2.75) is 385 Å². The van der Waals surface area contributed by atoms with E-state index in [1.807, 2.05) is 19.1 Å². The molecule has 4 aliphatic carbocycles. The highest BCUT2D eigenvalue weighted by Crippen LogP contribution is 2.67. The zero-order valence-electron chi connectivity index (χ0n) is 69.8. The Kier molecular flexibility index (Phi) is 42.2. The Labute approximate surface area is 671 Å². The molecule has 13 N–H and O–H groups in total. The van der Waals surface area contributed by atoms with E-state index < -0.39 is 153 Å². The van der Waals surface area contributed by atoms with Crippen LogP contribution in [0, 0.1) is 64.1 Å². The van der Waals surface area contributed by atoms with Crippen LogP contribution >= 0.6 is 0 Å². The van der Waals surface area contributed by atoms with Crippen LogP contribution in [0.4, 0.5) is 4.79 Å². The molecule has 2 bridgehead atoms. The van der Waals surface area contributed by atoms with Crippen molar-refractivity contribution >= 4 is 18.1 Å². The number of carboxylic acids is 1. The van der Waals surface area contributed by atoms with Gasteiger partial charge in [0.05, 0.1) is 86.2 Å². The number of allylic oxidation sites excluding steroid dienone is 13. The summed E-state index contributed by atoms with van der Waals surface area (Å²) in [5.41, 5.74) is 8.44. The number of aliphatic carboxylic acids is 1. The zero-order chi connectivity index (χ0) is 82.1. The summed E-state index contributed by atoms with van der Waals surface area (Å²) in [7, 11) is 0. The zero-order valence-corrected chi connectivity index (χ0v) is 69.8. The second-order valence-electron chi connectivity index (χ2n) is 35.5. The number of rotatable bonds is 24. The number of hydrogen-bond donors (Lipinski definition) is 12. The third-order valence-corrected chi connectivity index (χ3v) is 26.3. The van der Waals surface area contributed by atoms with Gasteiger partial charge in [0.25, 0.3) is 0 Å². The largest absolute Gasteiger partial charge is 0.508 e. The van der Waals surface area contributed by atoms with E-state index in [2.05, 4.69) is 47.6 Å². The normalized spacial score (nSPS) is 40.0. The molecule has 3 aliphatic heterocycles. The number of carboxylic acid groups (broad SMARTS) is 1. The van der Waals surface area contributed by atoms with Crippen molar-refractivity contribution < 1.29 is 99.0 Å². The Hall–Kier alpha value is -4.43. The van der Waals surface area contributed by atoms with Gasteiger partial charge in [0.2, 0.25) is 0 Å². The van der Waals surface area contributed by atoms with Crippen molar-refractivity contribution in [3.8, 4) is 0 Å². The first kappa shape index (κ1) is 96.4. The van der Waals surface area contributed by atoms with E-state index in [1.54, 1.807) is 86.3 Å². The summed E-state index contributed by atoms with van der Waals surface area (Å²) >= 11 is 0. The number of unbranched alkanes of at least 4 members (excludes halogenated alkanes) is 13.